The summed E-state index contributed by atoms with van der Waals surface area (Å²) in [5, 5.41) is 0. The van der Waals surface area contributed by atoms with Gasteiger partial charge in [-0.25, -0.2) is 43.9 Å². The van der Waals surface area contributed by atoms with E-state index in [1.165, 1.54) is 61.7 Å². The largest absolute Gasteiger partial charge is 0.780 e. The van der Waals surface area contributed by atoms with E-state index in [0.29, 0.717) is 11.1 Å². The number of fused-ring (bicyclic) bond motifs is 2. The Morgan fingerprint density at radius 3 is 1.00 bits per heavy atom. The molecule has 59 nitrogen and oxygen atoms in total. The van der Waals surface area contributed by atoms with Gasteiger partial charge in [0.1, 0.15) is 144 Å². The van der Waals surface area contributed by atoms with Crippen molar-refractivity contribution < 1.29 is 130 Å². The Morgan fingerprint density at radius 1 is 0.366 bits per heavy atom. The average Bonchev–Trinajstić information content (AvgIpc) is 1.60. The van der Waals surface area contributed by atoms with Crippen molar-refractivity contribution in [3.63, 3.8) is 0 Å². The molecule has 7 aliphatic rings. The maximum atomic E-state index is 15.1. The summed E-state index contributed by atoms with van der Waals surface area (Å²) in [5.74, 6) is -0.610. The van der Waals surface area contributed by atoms with Crippen LogP contribution in [0.2, 0.25) is 0 Å². The Labute approximate surface area is 850 Å². The van der Waals surface area contributed by atoms with Gasteiger partial charge in [-0.3, -0.25) is 75.6 Å². The summed E-state index contributed by atoms with van der Waals surface area (Å²) in [4.78, 5) is 241. The van der Waals surface area contributed by atoms with Crippen LogP contribution in [0, 0.1) is 34.6 Å². The number of aromatic nitrogens is 18. The van der Waals surface area contributed by atoms with E-state index in [-0.39, 0.29) is 94.5 Å². The summed E-state index contributed by atoms with van der Waals surface area (Å²) in [6, 6.07) is 0. The summed E-state index contributed by atoms with van der Waals surface area (Å²) < 4.78 is 148. The highest BCUT2D eigenvalue weighted by molar-refractivity contribution is 8.32. The van der Waals surface area contributed by atoms with E-state index in [0.717, 1.165) is 55.0 Å². The highest BCUT2D eigenvalue weighted by Crippen LogP contribution is 2.57. The van der Waals surface area contributed by atoms with E-state index >= 15 is 4.89 Å². The van der Waals surface area contributed by atoms with Crippen molar-refractivity contribution in [2.24, 2.45) is 0 Å². The Hall–Kier alpha value is -6.70. The third kappa shape index (κ3) is 26.3. The van der Waals surface area contributed by atoms with Crippen LogP contribution in [-0.2, 0) is 184 Å². The number of aryl methyl sites for hydroxylation is 5. The van der Waals surface area contributed by atoms with E-state index in [2.05, 4.69) is 54.8 Å². The lowest BCUT2D eigenvalue weighted by Gasteiger charge is -2.36. The number of anilines is 4. The lowest BCUT2D eigenvalue weighted by molar-refractivity contribution is -0.221. The van der Waals surface area contributed by atoms with E-state index in [9.17, 15) is 72.2 Å². The Bertz CT molecular complexity index is 7390. The van der Waals surface area contributed by atoms with Crippen LogP contribution in [0.1, 0.15) is 130 Å². The molecule has 16 heterocycles. The quantitative estimate of drug-likeness (QED) is 0.0140. The number of imidazole rings is 2. The number of nitrogens with zero attached hydrogens (tertiary/aromatic N) is 14. The minimum absolute atomic E-state index is 0.00419. The standard InChI is InChI=1S/C72H97N22O37P7S7/c1-8-35-36(9-49(118-35)90-18-32(4)63(95)85-70(90)101)126-133(105,140)112-22-45-39(12-52(121-45)91-19-33(5)64(96)86-71(91)102)128-135(107,142)114-24-46-40(13-53(122-46)92-20-34(6)65(97)87-72(92)103)129-136(108,143)117-26-48-42(15-55(124-48)94-29-80-57-62(94)83-67(76)84-66(57)98)131-138(110,145)116-25-47-41(14-54(123-47)93-28-79-56-60(75)77-27-78-61(56)93)130-137(109,144)115-23-44-38(11-51(120-44)89-17-31(3)59(74)82-69(89)100)127-134(106,141)113-21-43-37(125-132(104,139)111-7)10-50(119-43)88-16-30(2)58(73)81-68(88)99/h16-20,27-29,35-55H,8-15,21-26H2,1-7H3,(H,104,139)(H,105,140)(H,106,141)(H,107,142)(H,108,143)(H,109,144)(H,110,145)(H2,73,81,99)(H2,74,82,100)(H2,75,77,78)(H,85,95,101)(H,86,96,102)(H,87,97,103)(H3,76,83,84,98)/p-7/t35-,36?,37?,38?,39?,40?,41?,42?,43-,44-,45-,46-,47-,48-,49-,50-,51-,52-,53-,54-,55-,132?,133?,134?,135?,136?,137?,138?/m1/s1. The Morgan fingerprint density at radius 2 is 0.655 bits per heavy atom. The Kier molecular flexibility index (Phi) is 34.1. The molecule has 0 bridgehead atoms. The molecule has 16 rings (SSSR count). The van der Waals surface area contributed by atoms with E-state index < -0.39 is 286 Å². The molecule has 7 saturated heterocycles. The van der Waals surface area contributed by atoms with Crippen LogP contribution in [0.5, 0.6) is 0 Å². The van der Waals surface area contributed by atoms with Gasteiger partial charge in [-0.15, -0.1) is 0 Å². The van der Waals surface area contributed by atoms with Crippen LogP contribution >= 0.6 is 47.1 Å². The van der Waals surface area contributed by atoms with Crippen LogP contribution < -0.4 is 103 Å². The first-order chi connectivity index (χ1) is 68.2. The summed E-state index contributed by atoms with van der Waals surface area (Å²) in [7, 11) is 1.03. The maximum Gasteiger partial charge on any atom is 0.351 e. The van der Waals surface area contributed by atoms with Crippen molar-refractivity contribution in [3.05, 3.63) is 172 Å². The molecule has 0 aromatic carbocycles. The number of nitrogens with two attached hydrogens (primary N) is 4. The fourth-order valence-electron chi connectivity index (χ4n) is 16.7. The summed E-state index contributed by atoms with van der Waals surface area (Å²) in [6.45, 7) is -29.9. The number of hydrogen-bond acceptors (Lipinski definition) is 55. The number of nitrogen functional groups attached to an aromatic ring is 4. The van der Waals surface area contributed by atoms with Crippen molar-refractivity contribution in [1.29, 1.82) is 0 Å². The predicted octanol–water partition coefficient (Wildman–Crippen LogP) is -2.98. The molecule has 0 amide bonds. The van der Waals surface area contributed by atoms with Gasteiger partial charge in [0.15, 0.2) is 29.4 Å². The average molecular weight is 2300 g/mol. The zero-order valence-electron chi connectivity index (χ0n) is 76.3. The molecular weight excluding hydrogens is 2210 g/mol. The van der Waals surface area contributed by atoms with Crippen LogP contribution in [0.3, 0.4) is 0 Å². The summed E-state index contributed by atoms with van der Waals surface area (Å²) >= 11 is 37.9. The molecule has 9 aromatic rings. The van der Waals surface area contributed by atoms with Gasteiger partial charge < -0.3 is 161 Å². The first-order valence-corrected chi connectivity index (χ1v) is 61.3. The van der Waals surface area contributed by atoms with Crippen molar-refractivity contribution in [2.45, 2.75) is 222 Å². The second-order valence-electron chi connectivity index (χ2n) is 33.8. The molecule has 73 heteroatoms. The van der Waals surface area contributed by atoms with Gasteiger partial charge in [-0.05, 0) is 41.0 Å². The number of rotatable bonds is 41. The van der Waals surface area contributed by atoms with E-state index in [4.69, 9.17) is 203 Å². The highest BCUT2D eigenvalue weighted by atomic mass is 32.7. The molecule has 7 fully saturated rings. The van der Waals surface area contributed by atoms with Crippen molar-refractivity contribution >= 4 is 176 Å². The number of H-pyrrole nitrogens is 4. The second kappa shape index (κ2) is 44.5. The fourth-order valence-corrected chi connectivity index (χ4v) is 26.4. The zero-order valence-corrected chi connectivity index (χ0v) is 88.3. The molecule has 9 aromatic heterocycles. The molecule has 794 valence electrons. The molecule has 14 unspecified atom stereocenters. The van der Waals surface area contributed by atoms with Crippen molar-refractivity contribution in [3.8, 4) is 0 Å². The molecule has 7 aliphatic heterocycles. The SMILES string of the molecule is CC[C@H]1O[C@@H](n2cc(C)c(=O)[nH]c2=O)CC1OP([O-])(=S)OC[C@H]1O[C@@H](n2cc(C)c(=O)[nH]c2=O)CC1OP(=O)([S-])OC[C@H]1O[C@@H](n2cc(C)c(=O)[nH]c2=O)CC1OP([O-])(=S)OC[C@H]1O[C@@H](n2cnc3c(=O)[nH]c(N)nc32)CC1OP([O-])(=S)OC[C@H]1O[C@@H](n2cnc3c(N)ncnc32)CC1OP([O-])(=S)OC[C@H]1O[C@@H](n2cc(C)c(N)nc2=O)CC1OP([O-])(=S)OC[C@H]1O[C@@H](n2cc(C)c(N)nc2=O)CC1OP([O-])(=S)OC. The zero-order chi connectivity index (χ0) is 105. The van der Waals surface area contributed by atoms with E-state index in [1.807, 2.05) is 0 Å². The minimum Gasteiger partial charge on any atom is -0.780 e. The van der Waals surface area contributed by atoms with Crippen LogP contribution in [0.15, 0.2) is 93.1 Å². The second-order valence-corrected chi connectivity index (χ2v) is 52.9. The lowest BCUT2D eigenvalue weighted by Crippen LogP contribution is -2.34. The third-order valence-electron chi connectivity index (χ3n) is 23.9. The monoisotopic (exact) mass is 2300 g/mol. The topological polar surface area (TPSA) is 795 Å². The van der Waals surface area contributed by atoms with Crippen molar-refractivity contribution in [1.82, 2.24) is 86.8 Å². The van der Waals surface area contributed by atoms with Crippen molar-refractivity contribution in [2.75, 3.05) is 69.7 Å². The molecular formula is C72H90N22O37P7S7-7. The normalized spacial score (nSPS) is 29.5. The number of aromatic amines is 4. The minimum atomic E-state index is -5.07. The van der Waals surface area contributed by atoms with Gasteiger partial charge in [0, 0.05) is 111 Å². The number of ether oxygens (including phenoxy) is 7. The molecule has 0 radical (unpaired) electrons. The number of hydrogen-bond donors (Lipinski definition) is 8. The molecule has 28 atom stereocenters. The predicted molar refractivity (Wildman–Crippen MR) is 513 cm³/mol. The smallest absolute Gasteiger partial charge is 0.351 e. The Balaban J connectivity index is 0.614. The summed E-state index contributed by atoms with van der Waals surface area (Å²) in [5.41, 5.74) is 17.3. The van der Waals surface area contributed by atoms with Gasteiger partial charge in [0.2, 0.25) is 5.95 Å². The lowest BCUT2D eigenvalue weighted by atomic mass is 10.1. The van der Waals surface area contributed by atoms with Crippen LogP contribution in [-0.4, -0.2) is 219 Å². The first-order valence-electron chi connectivity index (χ1n) is 43.4. The maximum absolute atomic E-state index is 15.1. The van der Waals surface area contributed by atoms with Gasteiger partial charge in [0.25, 0.3) is 22.2 Å². The number of nitrogens with one attached hydrogen (secondary N) is 4. The molecule has 0 spiro atoms. The van der Waals surface area contributed by atoms with Crippen LogP contribution in [0.4, 0.5) is 23.4 Å². The van der Waals surface area contributed by atoms with Gasteiger partial charge >= 0.3 is 28.4 Å². The van der Waals surface area contributed by atoms with Gasteiger partial charge in [0.05, 0.1) is 101 Å². The molecule has 0 aliphatic carbocycles. The molecule has 145 heavy (non-hydrogen) atoms. The fraction of sp³-hybridized carbons (Fsp3) is 0.583. The highest BCUT2D eigenvalue weighted by Gasteiger charge is 2.49. The molecule has 12 N–H and O–H groups in total. The van der Waals surface area contributed by atoms with E-state index in [1.54, 1.807) is 13.8 Å². The van der Waals surface area contributed by atoms with Crippen LogP contribution in [0.25, 0.3) is 22.3 Å². The summed E-state index contributed by atoms with van der Waals surface area (Å²) in [6.07, 6.45) is -21.3. The molecule has 0 saturated carbocycles. The third-order valence-corrected chi connectivity index (χ3v) is 35.0. The first kappa shape index (κ1) is 111. The van der Waals surface area contributed by atoms with Gasteiger partial charge in [-0.2, -0.15) is 15.0 Å². The van der Waals surface area contributed by atoms with Gasteiger partial charge in [-0.1, -0.05) is 77.8 Å².